The molecule has 94 valence electrons. The summed E-state index contributed by atoms with van der Waals surface area (Å²) in [5.74, 6) is 0.883. The van der Waals surface area contributed by atoms with Crippen LogP contribution in [0.5, 0.6) is 5.75 Å². The van der Waals surface area contributed by atoms with E-state index in [1.807, 2.05) is 38.1 Å². The van der Waals surface area contributed by atoms with E-state index in [9.17, 15) is 0 Å². The Morgan fingerprint density at radius 2 is 1.72 bits per heavy atom. The molecule has 0 unspecified atom stereocenters. The summed E-state index contributed by atoms with van der Waals surface area (Å²) < 4.78 is 5.80. The predicted octanol–water partition coefficient (Wildman–Crippen LogP) is 3.51. The Hall–Kier alpha value is -1.96. The average molecular weight is 241 g/mol. The Balaban J connectivity index is 1.97. The molecule has 0 aliphatic rings. The number of hydrogen-bond acceptors (Lipinski definition) is 2. The van der Waals surface area contributed by atoms with Crippen LogP contribution in [0.2, 0.25) is 0 Å². The zero-order valence-electron chi connectivity index (χ0n) is 10.9. The molecule has 0 spiro atoms. The third-order valence-electron chi connectivity index (χ3n) is 3.05. The SMILES string of the molecule is Cc1cc(C)c(OCCc2ccccc2)cc1N. The fourth-order valence-electron chi connectivity index (χ4n) is 1.93. The van der Waals surface area contributed by atoms with Crippen molar-refractivity contribution in [2.75, 3.05) is 12.3 Å². The van der Waals surface area contributed by atoms with Gasteiger partial charge < -0.3 is 10.5 Å². The van der Waals surface area contributed by atoms with Crippen LogP contribution < -0.4 is 10.5 Å². The number of hydrogen-bond donors (Lipinski definition) is 1. The number of nitrogens with two attached hydrogens (primary N) is 1. The van der Waals surface area contributed by atoms with Crippen LogP contribution in [0.1, 0.15) is 16.7 Å². The van der Waals surface area contributed by atoms with Gasteiger partial charge >= 0.3 is 0 Å². The maximum Gasteiger partial charge on any atom is 0.124 e. The number of ether oxygens (including phenoxy) is 1. The fraction of sp³-hybridized carbons (Fsp3) is 0.250. The van der Waals surface area contributed by atoms with E-state index >= 15 is 0 Å². The second-order valence-corrected chi connectivity index (χ2v) is 4.56. The molecule has 0 atom stereocenters. The molecule has 2 aromatic carbocycles. The molecule has 0 fully saturated rings. The van der Waals surface area contributed by atoms with Gasteiger partial charge in [0.1, 0.15) is 5.75 Å². The highest BCUT2D eigenvalue weighted by Crippen LogP contribution is 2.24. The largest absolute Gasteiger partial charge is 0.493 e. The van der Waals surface area contributed by atoms with Gasteiger partial charge in [-0.05, 0) is 30.5 Å². The first-order valence-electron chi connectivity index (χ1n) is 6.20. The molecule has 2 N–H and O–H groups in total. The molecule has 2 aromatic rings. The van der Waals surface area contributed by atoms with Gasteiger partial charge in [0.25, 0.3) is 0 Å². The van der Waals surface area contributed by atoms with Gasteiger partial charge in [-0.2, -0.15) is 0 Å². The number of rotatable bonds is 4. The summed E-state index contributed by atoms with van der Waals surface area (Å²) in [7, 11) is 0. The lowest BCUT2D eigenvalue weighted by Crippen LogP contribution is -2.03. The minimum Gasteiger partial charge on any atom is -0.493 e. The summed E-state index contributed by atoms with van der Waals surface area (Å²) in [5, 5.41) is 0. The smallest absolute Gasteiger partial charge is 0.124 e. The van der Waals surface area contributed by atoms with E-state index in [2.05, 4.69) is 18.2 Å². The Morgan fingerprint density at radius 3 is 2.44 bits per heavy atom. The quantitative estimate of drug-likeness (QED) is 0.831. The van der Waals surface area contributed by atoms with Crippen LogP contribution in [0.15, 0.2) is 42.5 Å². The summed E-state index contributed by atoms with van der Waals surface area (Å²) in [6.07, 6.45) is 0.911. The second-order valence-electron chi connectivity index (χ2n) is 4.56. The molecule has 2 nitrogen and oxygen atoms in total. The van der Waals surface area contributed by atoms with Gasteiger partial charge in [0, 0.05) is 18.2 Å². The highest BCUT2D eigenvalue weighted by atomic mass is 16.5. The van der Waals surface area contributed by atoms with Crippen molar-refractivity contribution >= 4 is 5.69 Å². The first kappa shape index (κ1) is 12.5. The zero-order chi connectivity index (χ0) is 13.0. The Kier molecular flexibility index (Phi) is 3.88. The lowest BCUT2D eigenvalue weighted by Gasteiger charge is -2.11. The number of benzene rings is 2. The molecule has 2 heteroatoms. The summed E-state index contributed by atoms with van der Waals surface area (Å²) in [4.78, 5) is 0. The molecule has 18 heavy (non-hydrogen) atoms. The minimum atomic E-state index is 0.674. The maximum atomic E-state index is 5.89. The lowest BCUT2D eigenvalue weighted by atomic mass is 10.1. The van der Waals surface area contributed by atoms with Gasteiger partial charge in [0.15, 0.2) is 0 Å². The maximum absolute atomic E-state index is 5.89. The summed E-state index contributed by atoms with van der Waals surface area (Å²) in [5.41, 5.74) is 10.2. The lowest BCUT2D eigenvalue weighted by molar-refractivity contribution is 0.320. The highest BCUT2D eigenvalue weighted by molar-refractivity contribution is 5.54. The van der Waals surface area contributed by atoms with E-state index in [-0.39, 0.29) is 0 Å². The minimum absolute atomic E-state index is 0.674. The summed E-state index contributed by atoms with van der Waals surface area (Å²) in [6, 6.07) is 14.3. The van der Waals surface area contributed by atoms with Crippen molar-refractivity contribution in [1.82, 2.24) is 0 Å². The molecule has 2 rings (SSSR count). The molecule has 0 saturated heterocycles. The highest BCUT2D eigenvalue weighted by Gasteiger charge is 2.03. The monoisotopic (exact) mass is 241 g/mol. The van der Waals surface area contributed by atoms with Crippen molar-refractivity contribution in [3.8, 4) is 5.75 Å². The van der Waals surface area contributed by atoms with E-state index < -0.39 is 0 Å². The molecule has 0 radical (unpaired) electrons. The van der Waals surface area contributed by atoms with Crippen molar-refractivity contribution < 1.29 is 4.74 Å². The zero-order valence-corrected chi connectivity index (χ0v) is 10.9. The molecule has 0 amide bonds. The molecule has 0 aromatic heterocycles. The van der Waals surface area contributed by atoms with Crippen LogP contribution in [0.3, 0.4) is 0 Å². The molecule has 0 bridgehead atoms. The van der Waals surface area contributed by atoms with Crippen LogP contribution >= 0.6 is 0 Å². The van der Waals surface area contributed by atoms with Crippen molar-refractivity contribution in [1.29, 1.82) is 0 Å². The predicted molar refractivity (Wildman–Crippen MR) is 76.0 cm³/mol. The fourth-order valence-corrected chi connectivity index (χ4v) is 1.93. The first-order valence-corrected chi connectivity index (χ1v) is 6.20. The third kappa shape index (κ3) is 3.04. The molecular formula is C16H19NO. The first-order chi connectivity index (χ1) is 8.66. The third-order valence-corrected chi connectivity index (χ3v) is 3.05. The van der Waals surface area contributed by atoms with Crippen LogP contribution in [0, 0.1) is 13.8 Å². The van der Waals surface area contributed by atoms with E-state index in [1.165, 1.54) is 5.56 Å². The van der Waals surface area contributed by atoms with Crippen molar-refractivity contribution in [3.05, 3.63) is 59.2 Å². The Morgan fingerprint density at radius 1 is 1.00 bits per heavy atom. The van der Waals surface area contributed by atoms with E-state index in [0.29, 0.717) is 6.61 Å². The van der Waals surface area contributed by atoms with Crippen LogP contribution in [0.25, 0.3) is 0 Å². The van der Waals surface area contributed by atoms with Gasteiger partial charge in [-0.25, -0.2) is 0 Å². The van der Waals surface area contributed by atoms with Crippen molar-refractivity contribution in [2.45, 2.75) is 20.3 Å². The molecule has 0 aliphatic carbocycles. The summed E-state index contributed by atoms with van der Waals surface area (Å²) in [6.45, 7) is 4.73. The topological polar surface area (TPSA) is 35.2 Å². The van der Waals surface area contributed by atoms with Crippen LogP contribution in [0.4, 0.5) is 5.69 Å². The number of anilines is 1. The Bertz CT molecular complexity index is 520. The van der Waals surface area contributed by atoms with Crippen LogP contribution in [-0.2, 0) is 6.42 Å². The van der Waals surface area contributed by atoms with Crippen molar-refractivity contribution in [2.24, 2.45) is 0 Å². The molecule has 0 saturated carbocycles. The number of nitrogen functional groups attached to an aromatic ring is 1. The van der Waals surface area contributed by atoms with E-state index in [4.69, 9.17) is 10.5 Å². The Labute approximate surface area is 108 Å². The van der Waals surface area contributed by atoms with Gasteiger partial charge in [0.2, 0.25) is 0 Å². The van der Waals surface area contributed by atoms with Crippen LogP contribution in [-0.4, -0.2) is 6.61 Å². The molecule has 0 aliphatic heterocycles. The number of aryl methyl sites for hydroxylation is 2. The van der Waals surface area contributed by atoms with Gasteiger partial charge in [-0.1, -0.05) is 36.4 Å². The van der Waals surface area contributed by atoms with Gasteiger partial charge in [-0.15, -0.1) is 0 Å². The van der Waals surface area contributed by atoms with Crippen molar-refractivity contribution in [3.63, 3.8) is 0 Å². The molecular weight excluding hydrogens is 222 g/mol. The molecule has 0 heterocycles. The van der Waals surface area contributed by atoms with Gasteiger partial charge in [-0.3, -0.25) is 0 Å². The summed E-state index contributed by atoms with van der Waals surface area (Å²) >= 11 is 0. The standard InChI is InChI=1S/C16H19NO/c1-12-10-13(2)16(11-15(12)17)18-9-8-14-6-4-3-5-7-14/h3-7,10-11H,8-9,17H2,1-2H3. The van der Waals surface area contributed by atoms with Gasteiger partial charge in [0.05, 0.1) is 6.61 Å². The van der Waals surface area contributed by atoms with E-state index in [0.717, 1.165) is 29.0 Å². The average Bonchev–Trinajstić information content (AvgIpc) is 2.37. The normalized spacial score (nSPS) is 10.3. The van der Waals surface area contributed by atoms with E-state index in [1.54, 1.807) is 0 Å². The second kappa shape index (κ2) is 5.58.